The third kappa shape index (κ3) is 1.10. The van der Waals surface area contributed by atoms with Gasteiger partial charge < -0.3 is 0 Å². The molecule has 0 heterocycles. The number of allylic oxidation sites excluding steroid dienone is 4. The molecule has 0 aliphatic heterocycles. The molecule has 1 aromatic carbocycles. The molecule has 0 unspecified atom stereocenters. The summed E-state index contributed by atoms with van der Waals surface area (Å²) in [5.41, 5.74) is 3.03. The average Bonchev–Trinajstić information content (AvgIpc) is 3.02. The highest BCUT2D eigenvalue weighted by molar-refractivity contribution is 5.68. The van der Waals surface area contributed by atoms with Gasteiger partial charge >= 0.3 is 0 Å². The third-order valence-corrected chi connectivity index (χ3v) is 4.68. The maximum absolute atomic E-state index is 2.56. The van der Waals surface area contributed by atoms with E-state index in [-0.39, 0.29) is 0 Å². The van der Waals surface area contributed by atoms with Crippen molar-refractivity contribution in [3.8, 4) is 0 Å². The molecule has 3 aliphatic carbocycles. The van der Waals surface area contributed by atoms with Gasteiger partial charge in [-0.3, -0.25) is 0 Å². The van der Waals surface area contributed by atoms with E-state index in [0.29, 0.717) is 0 Å². The molecule has 0 amide bonds. The van der Waals surface area contributed by atoms with E-state index in [0.717, 1.165) is 23.7 Å². The Morgan fingerprint density at radius 3 is 2.56 bits per heavy atom. The van der Waals surface area contributed by atoms with E-state index in [2.05, 4.69) is 48.6 Å². The van der Waals surface area contributed by atoms with Gasteiger partial charge in [-0.15, -0.1) is 0 Å². The van der Waals surface area contributed by atoms with Crippen LogP contribution in [0.25, 0.3) is 5.57 Å². The van der Waals surface area contributed by atoms with Crippen molar-refractivity contribution in [1.29, 1.82) is 0 Å². The summed E-state index contributed by atoms with van der Waals surface area (Å²) in [6.45, 7) is 0. The summed E-state index contributed by atoms with van der Waals surface area (Å²) in [5, 5.41) is 0. The van der Waals surface area contributed by atoms with E-state index in [1.165, 1.54) is 18.4 Å². The van der Waals surface area contributed by atoms with Crippen LogP contribution in [0.4, 0.5) is 0 Å². The van der Waals surface area contributed by atoms with Gasteiger partial charge in [0.1, 0.15) is 0 Å². The first-order valence-electron chi connectivity index (χ1n) is 6.36. The van der Waals surface area contributed by atoms with Gasteiger partial charge in [-0.25, -0.2) is 0 Å². The molecule has 0 spiro atoms. The fourth-order valence-electron chi connectivity index (χ4n) is 3.92. The van der Waals surface area contributed by atoms with E-state index in [1.807, 2.05) is 0 Å². The molecule has 16 heavy (non-hydrogen) atoms. The molecule has 0 heteroatoms. The first-order valence-corrected chi connectivity index (χ1v) is 6.36. The molecule has 80 valence electrons. The van der Waals surface area contributed by atoms with E-state index < -0.39 is 0 Å². The molecule has 0 N–H and O–H groups in total. The van der Waals surface area contributed by atoms with Gasteiger partial charge in [-0.1, -0.05) is 48.6 Å². The zero-order valence-corrected chi connectivity index (χ0v) is 9.34. The highest BCUT2D eigenvalue weighted by Crippen LogP contribution is 2.55. The van der Waals surface area contributed by atoms with Gasteiger partial charge in [0.05, 0.1) is 0 Å². The van der Waals surface area contributed by atoms with Crippen molar-refractivity contribution in [3.63, 3.8) is 0 Å². The smallest absolute Gasteiger partial charge is 0.0127 e. The fourth-order valence-corrected chi connectivity index (χ4v) is 3.92. The normalized spacial score (nSPS) is 38.9. The topological polar surface area (TPSA) is 0 Å². The highest BCUT2D eigenvalue weighted by atomic mass is 14.5. The molecule has 2 bridgehead atoms. The summed E-state index contributed by atoms with van der Waals surface area (Å²) >= 11 is 0. The predicted molar refractivity (Wildman–Crippen MR) is 66.8 cm³/mol. The van der Waals surface area contributed by atoms with Crippen LogP contribution in [0.15, 0.2) is 48.6 Å². The van der Waals surface area contributed by atoms with Gasteiger partial charge in [0, 0.05) is 0 Å². The minimum absolute atomic E-state index is 0.852. The lowest BCUT2D eigenvalue weighted by Crippen LogP contribution is -2.12. The van der Waals surface area contributed by atoms with Crippen LogP contribution in [0.5, 0.6) is 0 Å². The Morgan fingerprint density at radius 2 is 1.75 bits per heavy atom. The lowest BCUT2D eigenvalue weighted by atomic mass is 9.85. The summed E-state index contributed by atoms with van der Waals surface area (Å²) in [4.78, 5) is 0. The van der Waals surface area contributed by atoms with Crippen LogP contribution in [0, 0.1) is 23.7 Å². The molecule has 0 nitrogen and oxygen atoms in total. The molecular formula is C16H16. The maximum Gasteiger partial charge on any atom is -0.0127 e. The van der Waals surface area contributed by atoms with Gasteiger partial charge in [0.2, 0.25) is 0 Å². The standard InChI is InChI=1S/C16H16/c1-2-4-11(5-3-1)14-9-15-12-6-7-13(8-12)16(15)10-14/h1-7,9,12-13,15-16H,8,10H2/t12-,13+,15-,16+/m1/s1. The van der Waals surface area contributed by atoms with E-state index in [1.54, 1.807) is 5.57 Å². The van der Waals surface area contributed by atoms with Crippen LogP contribution in [-0.2, 0) is 0 Å². The summed E-state index contributed by atoms with van der Waals surface area (Å²) in [7, 11) is 0. The molecule has 0 radical (unpaired) electrons. The number of hydrogen-bond donors (Lipinski definition) is 0. The molecule has 4 rings (SSSR count). The van der Waals surface area contributed by atoms with Crippen LogP contribution in [0.3, 0.4) is 0 Å². The first kappa shape index (κ1) is 8.81. The molecule has 0 saturated heterocycles. The Balaban J connectivity index is 1.69. The molecule has 0 aromatic heterocycles. The molecule has 1 fully saturated rings. The second-order valence-corrected chi connectivity index (χ2v) is 5.45. The van der Waals surface area contributed by atoms with Crippen molar-refractivity contribution in [1.82, 2.24) is 0 Å². The van der Waals surface area contributed by atoms with Crippen molar-refractivity contribution in [2.24, 2.45) is 23.7 Å². The van der Waals surface area contributed by atoms with Crippen molar-refractivity contribution < 1.29 is 0 Å². The number of fused-ring (bicyclic) bond motifs is 5. The molecular weight excluding hydrogens is 192 g/mol. The average molecular weight is 208 g/mol. The minimum Gasteiger partial charge on any atom is -0.0848 e. The number of benzene rings is 1. The van der Waals surface area contributed by atoms with Crippen LogP contribution in [0.1, 0.15) is 18.4 Å². The summed E-state index contributed by atoms with van der Waals surface area (Å²) < 4.78 is 0. The molecule has 1 aromatic rings. The molecule has 4 atom stereocenters. The van der Waals surface area contributed by atoms with Crippen molar-refractivity contribution in [2.45, 2.75) is 12.8 Å². The predicted octanol–water partition coefficient (Wildman–Crippen LogP) is 3.91. The monoisotopic (exact) mass is 208 g/mol. The van der Waals surface area contributed by atoms with Gasteiger partial charge in [0.15, 0.2) is 0 Å². The van der Waals surface area contributed by atoms with Crippen LogP contribution < -0.4 is 0 Å². The second kappa shape index (κ2) is 3.10. The Hall–Kier alpha value is -1.30. The van der Waals surface area contributed by atoms with Crippen LogP contribution >= 0.6 is 0 Å². The Morgan fingerprint density at radius 1 is 0.938 bits per heavy atom. The van der Waals surface area contributed by atoms with Gasteiger partial charge in [-0.2, -0.15) is 0 Å². The molecule has 3 aliphatic rings. The highest BCUT2D eigenvalue weighted by Gasteiger charge is 2.46. The third-order valence-electron chi connectivity index (χ3n) is 4.68. The largest absolute Gasteiger partial charge is 0.0848 e. The lowest BCUT2D eigenvalue weighted by molar-refractivity contribution is 0.399. The van der Waals surface area contributed by atoms with E-state index in [4.69, 9.17) is 0 Å². The fraction of sp³-hybridized carbons (Fsp3) is 0.375. The summed E-state index contributed by atoms with van der Waals surface area (Å²) in [5.74, 6) is 3.51. The molecule has 1 saturated carbocycles. The van der Waals surface area contributed by atoms with Crippen molar-refractivity contribution >= 4 is 5.57 Å². The van der Waals surface area contributed by atoms with Gasteiger partial charge in [-0.05, 0) is 47.6 Å². The first-order chi connectivity index (χ1) is 7.92. The zero-order valence-electron chi connectivity index (χ0n) is 9.34. The minimum atomic E-state index is 0.852. The van der Waals surface area contributed by atoms with Crippen molar-refractivity contribution in [2.75, 3.05) is 0 Å². The Labute approximate surface area is 96.7 Å². The maximum atomic E-state index is 2.56. The number of hydrogen-bond acceptors (Lipinski definition) is 0. The summed E-state index contributed by atoms with van der Waals surface area (Å²) in [6.07, 6.45) is 10.2. The van der Waals surface area contributed by atoms with E-state index in [9.17, 15) is 0 Å². The van der Waals surface area contributed by atoms with Crippen LogP contribution in [-0.4, -0.2) is 0 Å². The SMILES string of the molecule is C1=C[C@H]2C[C@@H]1[C@H]1C=C(c3ccccc3)C[C@H]12. The summed E-state index contributed by atoms with van der Waals surface area (Å²) in [6, 6.07) is 10.9. The van der Waals surface area contributed by atoms with Gasteiger partial charge in [0.25, 0.3) is 0 Å². The quantitative estimate of drug-likeness (QED) is 0.614. The second-order valence-electron chi connectivity index (χ2n) is 5.45. The number of rotatable bonds is 1. The lowest BCUT2D eigenvalue weighted by Gasteiger charge is -2.19. The van der Waals surface area contributed by atoms with E-state index >= 15 is 0 Å². The van der Waals surface area contributed by atoms with Crippen molar-refractivity contribution in [3.05, 3.63) is 54.1 Å². The Bertz CT molecular complexity index is 466. The van der Waals surface area contributed by atoms with Crippen LogP contribution in [0.2, 0.25) is 0 Å². The Kier molecular flexibility index (Phi) is 1.71. The zero-order chi connectivity index (χ0) is 10.5.